The summed E-state index contributed by atoms with van der Waals surface area (Å²) in [6.07, 6.45) is 6.84. The van der Waals surface area contributed by atoms with Crippen LogP contribution in [-0.2, 0) is 4.79 Å². The van der Waals surface area contributed by atoms with Gasteiger partial charge in [-0.3, -0.25) is 9.59 Å². The number of piperazine rings is 1. The van der Waals surface area contributed by atoms with Crippen molar-refractivity contribution in [2.24, 2.45) is 5.92 Å². The molecule has 1 aromatic rings. The van der Waals surface area contributed by atoms with Gasteiger partial charge in [-0.25, -0.2) is 0 Å². The van der Waals surface area contributed by atoms with Crippen molar-refractivity contribution in [3.05, 3.63) is 23.8 Å². The van der Waals surface area contributed by atoms with Gasteiger partial charge in [-0.05, 0) is 24.5 Å². The van der Waals surface area contributed by atoms with Crippen LogP contribution >= 0.6 is 0 Å². The lowest BCUT2D eigenvalue weighted by Gasteiger charge is -2.35. The van der Waals surface area contributed by atoms with Crippen LogP contribution in [-0.4, -0.2) is 62.0 Å². The van der Waals surface area contributed by atoms with E-state index >= 15 is 0 Å². The van der Waals surface area contributed by atoms with Gasteiger partial charge in [0.1, 0.15) is 11.5 Å². The van der Waals surface area contributed by atoms with Crippen LogP contribution in [0.1, 0.15) is 48.9 Å². The molecule has 1 aromatic carbocycles. The number of benzene rings is 1. The first-order chi connectivity index (χ1) is 13.1. The van der Waals surface area contributed by atoms with Crippen LogP contribution in [0.2, 0.25) is 0 Å². The lowest BCUT2D eigenvalue weighted by molar-refractivity contribution is -0.133. The number of carbonyl (C=O) groups excluding carboxylic acids is 2. The van der Waals surface area contributed by atoms with Gasteiger partial charge in [-0.2, -0.15) is 0 Å². The Hall–Kier alpha value is -2.24. The molecule has 0 aromatic heterocycles. The molecule has 6 nitrogen and oxygen atoms in total. The average Bonchev–Trinajstić information content (AvgIpc) is 3.24. The molecule has 1 aliphatic heterocycles. The first-order valence-electron chi connectivity index (χ1n) is 9.91. The highest BCUT2D eigenvalue weighted by Gasteiger charge is 2.27. The van der Waals surface area contributed by atoms with Crippen LogP contribution in [0.5, 0.6) is 11.5 Å². The largest absolute Gasteiger partial charge is 0.497 e. The maximum atomic E-state index is 12.9. The molecule has 0 spiro atoms. The summed E-state index contributed by atoms with van der Waals surface area (Å²) in [6.45, 7) is 2.33. The Labute approximate surface area is 161 Å². The number of hydrogen-bond donors (Lipinski definition) is 0. The van der Waals surface area contributed by atoms with Crippen LogP contribution in [0.3, 0.4) is 0 Å². The summed E-state index contributed by atoms with van der Waals surface area (Å²) >= 11 is 0. The second-order valence-electron chi connectivity index (χ2n) is 7.43. The summed E-state index contributed by atoms with van der Waals surface area (Å²) in [4.78, 5) is 29.0. The van der Waals surface area contributed by atoms with Crippen molar-refractivity contribution in [2.45, 2.75) is 38.5 Å². The molecule has 6 heteroatoms. The fraction of sp³-hybridized carbons (Fsp3) is 0.619. The third-order valence-electron chi connectivity index (χ3n) is 5.80. The number of ether oxygens (including phenoxy) is 2. The van der Waals surface area contributed by atoms with Crippen LogP contribution in [0.25, 0.3) is 0 Å². The highest BCUT2D eigenvalue weighted by atomic mass is 16.5. The predicted octanol–water partition coefficient (Wildman–Crippen LogP) is 2.96. The Balaban J connectivity index is 1.52. The fourth-order valence-corrected chi connectivity index (χ4v) is 4.09. The smallest absolute Gasteiger partial charge is 0.257 e. The summed E-state index contributed by atoms with van der Waals surface area (Å²) in [7, 11) is 3.13. The van der Waals surface area contributed by atoms with Crippen LogP contribution in [0.15, 0.2) is 18.2 Å². The minimum absolute atomic E-state index is 0.0624. The van der Waals surface area contributed by atoms with E-state index in [0.29, 0.717) is 49.7 Å². The number of hydrogen-bond acceptors (Lipinski definition) is 4. The van der Waals surface area contributed by atoms with E-state index in [0.717, 1.165) is 12.3 Å². The molecule has 0 unspecified atom stereocenters. The Morgan fingerprint density at radius 3 is 2.30 bits per heavy atom. The van der Waals surface area contributed by atoms with Gasteiger partial charge >= 0.3 is 0 Å². The summed E-state index contributed by atoms with van der Waals surface area (Å²) in [5.41, 5.74) is 0.527. The lowest BCUT2D eigenvalue weighted by Crippen LogP contribution is -2.50. The van der Waals surface area contributed by atoms with Gasteiger partial charge in [0.2, 0.25) is 5.91 Å². The van der Waals surface area contributed by atoms with Gasteiger partial charge in [0, 0.05) is 38.7 Å². The zero-order chi connectivity index (χ0) is 19.2. The standard InChI is InChI=1S/C21H30N2O4/c1-26-17-8-9-18(19(15-17)27-2)21(25)23-13-11-22(12-14-23)20(24)10-7-16-5-3-4-6-16/h8-9,15-16H,3-7,10-14H2,1-2H3. The number of carbonyl (C=O) groups is 2. The molecular formula is C21H30N2O4. The van der Waals surface area contributed by atoms with Gasteiger partial charge in [-0.1, -0.05) is 25.7 Å². The highest BCUT2D eigenvalue weighted by molar-refractivity contribution is 5.97. The summed E-state index contributed by atoms with van der Waals surface area (Å²) in [5.74, 6) is 2.07. The van der Waals surface area contributed by atoms with Crippen LogP contribution < -0.4 is 9.47 Å². The van der Waals surface area contributed by atoms with Crippen molar-refractivity contribution < 1.29 is 19.1 Å². The van der Waals surface area contributed by atoms with E-state index in [1.807, 2.05) is 4.90 Å². The first kappa shape index (κ1) is 19.5. The predicted molar refractivity (Wildman–Crippen MR) is 103 cm³/mol. The van der Waals surface area contributed by atoms with Gasteiger partial charge in [0.05, 0.1) is 19.8 Å². The Kier molecular flexibility index (Phi) is 6.58. The van der Waals surface area contributed by atoms with Gasteiger partial charge in [0.25, 0.3) is 5.91 Å². The molecule has 148 valence electrons. The molecule has 1 heterocycles. The van der Waals surface area contributed by atoms with E-state index in [9.17, 15) is 9.59 Å². The summed E-state index contributed by atoms with van der Waals surface area (Å²) in [6, 6.07) is 5.22. The van der Waals surface area contributed by atoms with Gasteiger partial charge in [-0.15, -0.1) is 0 Å². The van der Waals surface area contributed by atoms with E-state index in [2.05, 4.69) is 0 Å². The van der Waals surface area contributed by atoms with Gasteiger partial charge in [0.15, 0.2) is 0 Å². The molecule has 0 bridgehead atoms. The number of nitrogens with zero attached hydrogens (tertiary/aromatic N) is 2. The number of rotatable bonds is 6. The van der Waals surface area contributed by atoms with Crippen LogP contribution in [0.4, 0.5) is 0 Å². The second-order valence-corrected chi connectivity index (χ2v) is 7.43. The molecule has 1 saturated carbocycles. The minimum Gasteiger partial charge on any atom is -0.497 e. The monoisotopic (exact) mass is 374 g/mol. The molecule has 27 heavy (non-hydrogen) atoms. The quantitative estimate of drug-likeness (QED) is 0.768. The van der Waals surface area contributed by atoms with Crippen molar-refractivity contribution in [1.29, 1.82) is 0 Å². The van der Waals surface area contributed by atoms with Crippen molar-refractivity contribution in [3.63, 3.8) is 0 Å². The van der Waals surface area contributed by atoms with E-state index < -0.39 is 0 Å². The van der Waals surface area contributed by atoms with E-state index in [1.54, 1.807) is 37.3 Å². The molecule has 2 aliphatic rings. The molecule has 0 atom stereocenters. The molecule has 2 fully saturated rings. The molecule has 0 radical (unpaired) electrons. The highest BCUT2D eigenvalue weighted by Crippen LogP contribution is 2.29. The maximum Gasteiger partial charge on any atom is 0.257 e. The van der Waals surface area contributed by atoms with Crippen molar-refractivity contribution in [3.8, 4) is 11.5 Å². The minimum atomic E-state index is -0.0624. The van der Waals surface area contributed by atoms with E-state index in [-0.39, 0.29) is 11.8 Å². The fourth-order valence-electron chi connectivity index (χ4n) is 4.09. The normalized spacial score (nSPS) is 17.9. The zero-order valence-corrected chi connectivity index (χ0v) is 16.4. The van der Waals surface area contributed by atoms with Crippen LogP contribution in [0, 0.1) is 5.92 Å². The van der Waals surface area contributed by atoms with E-state index in [1.165, 1.54) is 25.7 Å². The molecule has 2 amide bonds. The molecule has 1 aliphatic carbocycles. The van der Waals surface area contributed by atoms with Gasteiger partial charge < -0.3 is 19.3 Å². The molecular weight excluding hydrogens is 344 g/mol. The lowest BCUT2D eigenvalue weighted by atomic mass is 10.0. The van der Waals surface area contributed by atoms with E-state index in [4.69, 9.17) is 9.47 Å². The first-order valence-corrected chi connectivity index (χ1v) is 9.91. The maximum absolute atomic E-state index is 12.9. The molecule has 1 saturated heterocycles. The number of amides is 2. The molecule has 0 N–H and O–H groups in total. The average molecular weight is 374 g/mol. The zero-order valence-electron chi connectivity index (χ0n) is 16.4. The summed E-state index contributed by atoms with van der Waals surface area (Å²) in [5, 5.41) is 0. The Bertz CT molecular complexity index is 662. The third kappa shape index (κ3) is 4.73. The number of methoxy groups -OCH3 is 2. The van der Waals surface area contributed by atoms with Crippen molar-refractivity contribution in [2.75, 3.05) is 40.4 Å². The third-order valence-corrected chi connectivity index (χ3v) is 5.80. The molecule has 3 rings (SSSR count). The Morgan fingerprint density at radius 1 is 1.00 bits per heavy atom. The SMILES string of the molecule is COc1ccc(C(=O)N2CCN(C(=O)CCC3CCCC3)CC2)c(OC)c1. The summed E-state index contributed by atoms with van der Waals surface area (Å²) < 4.78 is 10.5. The Morgan fingerprint density at radius 2 is 1.67 bits per heavy atom. The van der Waals surface area contributed by atoms with Crippen molar-refractivity contribution >= 4 is 11.8 Å². The second kappa shape index (κ2) is 9.11. The topological polar surface area (TPSA) is 59.1 Å². The van der Waals surface area contributed by atoms with Crippen molar-refractivity contribution in [1.82, 2.24) is 9.80 Å².